The lowest BCUT2D eigenvalue weighted by Gasteiger charge is -2.24. The van der Waals surface area contributed by atoms with E-state index >= 15 is 0 Å². The van der Waals surface area contributed by atoms with Crippen LogP contribution in [0.5, 0.6) is 0 Å². The van der Waals surface area contributed by atoms with Gasteiger partial charge in [-0.05, 0) is 55.3 Å². The zero-order valence-electron chi connectivity index (χ0n) is 16.2. The first-order chi connectivity index (χ1) is 13.6. The van der Waals surface area contributed by atoms with Gasteiger partial charge in [-0.1, -0.05) is 42.5 Å². The quantitative estimate of drug-likeness (QED) is 0.725. The molecule has 1 fully saturated rings. The Morgan fingerprint density at radius 3 is 2.36 bits per heavy atom. The third kappa shape index (κ3) is 6.06. The summed E-state index contributed by atoms with van der Waals surface area (Å²) in [6.45, 7) is 4.49. The Morgan fingerprint density at radius 1 is 1.04 bits per heavy atom. The number of benzene rings is 2. The van der Waals surface area contributed by atoms with Gasteiger partial charge in [0.15, 0.2) is 0 Å². The molecule has 2 aromatic carbocycles. The molecule has 28 heavy (non-hydrogen) atoms. The minimum atomic E-state index is -0.112. The van der Waals surface area contributed by atoms with Crippen molar-refractivity contribution < 1.29 is 9.59 Å². The van der Waals surface area contributed by atoms with Crippen molar-refractivity contribution in [1.29, 1.82) is 0 Å². The average Bonchev–Trinajstić information content (AvgIpc) is 3.20. The lowest BCUT2D eigenvalue weighted by molar-refractivity contribution is -0.117. The maximum atomic E-state index is 12.5. The average molecular weight is 377 g/mol. The lowest BCUT2D eigenvalue weighted by atomic mass is 10.1. The molecule has 0 aliphatic carbocycles. The van der Waals surface area contributed by atoms with Crippen LogP contribution in [-0.2, 0) is 9.59 Å². The van der Waals surface area contributed by atoms with Gasteiger partial charge >= 0.3 is 0 Å². The first-order valence-corrected chi connectivity index (χ1v) is 9.74. The van der Waals surface area contributed by atoms with E-state index in [0.29, 0.717) is 0 Å². The Morgan fingerprint density at radius 2 is 1.71 bits per heavy atom. The highest BCUT2D eigenvalue weighted by Gasteiger charge is 2.19. The number of nitrogens with one attached hydrogen (secondary N) is 2. The summed E-state index contributed by atoms with van der Waals surface area (Å²) in [7, 11) is 0. The van der Waals surface area contributed by atoms with Gasteiger partial charge in [0, 0.05) is 25.2 Å². The number of rotatable bonds is 7. The zero-order chi connectivity index (χ0) is 19.8. The molecule has 1 atom stereocenters. The molecule has 3 rings (SSSR count). The Bertz CT molecular complexity index is 810. The summed E-state index contributed by atoms with van der Waals surface area (Å²) < 4.78 is 0. The van der Waals surface area contributed by atoms with Gasteiger partial charge in [0.05, 0.1) is 6.04 Å². The second-order valence-electron chi connectivity index (χ2n) is 7.12. The molecule has 0 saturated carbocycles. The number of carbonyl (C=O) groups is 2. The molecule has 1 unspecified atom stereocenters. The summed E-state index contributed by atoms with van der Waals surface area (Å²) in [5.74, 6) is -0.216. The van der Waals surface area contributed by atoms with Crippen LogP contribution in [0.25, 0.3) is 6.08 Å². The highest BCUT2D eigenvalue weighted by molar-refractivity contribution is 5.92. The first kappa shape index (κ1) is 19.8. The van der Waals surface area contributed by atoms with Crippen molar-refractivity contribution in [3.05, 3.63) is 71.8 Å². The molecule has 146 valence electrons. The summed E-state index contributed by atoms with van der Waals surface area (Å²) in [5, 5.41) is 5.87. The molecule has 0 bridgehead atoms. The van der Waals surface area contributed by atoms with Gasteiger partial charge in [0.1, 0.15) is 0 Å². The number of likely N-dealkylation sites (tertiary alicyclic amines) is 1. The van der Waals surface area contributed by atoms with Crippen molar-refractivity contribution in [3.8, 4) is 0 Å². The molecule has 1 saturated heterocycles. The lowest BCUT2D eigenvalue weighted by Crippen LogP contribution is -2.36. The summed E-state index contributed by atoms with van der Waals surface area (Å²) >= 11 is 0. The fourth-order valence-electron chi connectivity index (χ4n) is 3.42. The molecule has 1 heterocycles. The smallest absolute Gasteiger partial charge is 0.244 e. The Labute approximate surface area is 166 Å². The first-order valence-electron chi connectivity index (χ1n) is 9.74. The van der Waals surface area contributed by atoms with Gasteiger partial charge in [-0.2, -0.15) is 0 Å². The van der Waals surface area contributed by atoms with Gasteiger partial charge in [-0.15, -0.1) is 0 Å². The number of hydrogen-bond acceptors (Lipinski definition) is 3. The van der Waals surface area contributed by atoms with Crippen molar-refractivity contribution in [2.45, 2.75) is 25.8 Å². The molecule has 1 aliphatic rings. The zero-order valence-corrected chi connectivity index (χ0v) is 16.2. The summed E-state index contributed by atoms with van der Waals surface area (Å²) in [6.07, 6.45) is 5.80. The van der Waals surface area contributed by atoms with E-state index in [2.05, 4.69) is 27.7 Å². The fraction of sp³-hybridized carbons (Fsp3) is 0.304. The van der Waals surface area contributed by atoms with Gasteiger partial charge in [0.2, 0.25) is 11.8 Å². The van der Waals surface area contributed by atoms with Crippen LogP contribution >= 0.6 is 0 Å². The van der Waals surface area contributed by atoms with Crippen LogP contribution in [0.2, 0.25) is 0 Å². The molecular formula is C23H27N3O2. The molecule has 1 aliphatic heterocycles. The molecule has 0 aromatic heterocycles. The van der Waals surface area contributed by atoms with Gasteiger partial charge < -0.3 is 15.5 Å². The maximum absolute atomic E-state index is 12.5. The molecule has 5 heteroatoms. The number of nitrogens with zero attached hydrogens (tertiary/aromatic N) is 1. The van der Waals surface area contributed by atoms with Crippen molar-refractivity contribution in [2.24, 2.45) is 0 Å². The minimum absolute atomic E-state index is 0.0291. The van der Waals surface area contributed by atoms with Crippen LogP contribution in [0, 0.1) is 0 Å². The standard InChI is InChI=1S/C23H27N3O2/c1-18(27)24-21-12-9-19(10-13-21)11-14-23(28)25-22(17-26-15-5-6-16-26)20-7-3-2-4-8-20/h2-4,7-14,22H,5-6,15-17H2,1H3,(H,24,27)(H,25,28)/b14-11+. The van der Waals surface area contributed by atoms with Crippen molar-refractivity contribution in [3.63, 3.8) is 0 Å². The van der Waals surface area contributed by atoms with Gasteiger partial charge in [-0.25, -0.2) is 0 Å². The molecule has 0 radical (unpaired) electrons. The predicted molar refractivity (Wildman–Crippen MR) is 113 cm³/mol. The van der Waals surface area contributed by atoms with E-state index in [9.17, 15) is 9.59 Å². The van der Waals surface area contributed by atoms with Crippen LogP contribution in [0.1, 0.15) is 36.9 Å². The Kier molecular flexibility index (Phi) is 6.98. The van der Waals surface area contributed by atoms with Crippen LogP contribution < -0.4 is 10.6 Å². The Hall–Kier alpha value is -2.92. The molecule has 2 aromatic rings. The summed E-state index contributed by atoms with van der Waals surface area (Å²) in [6, 6.07) is 17.5. The van der Waals surface area contributed by atoms with E-state index in [-0.39, 0.29) is 17.9 Å². The SMILES string of the molecule is CC(=O)Nc1ccc(/C=C/C(=O)NC(CN2CCCC2)c2ccccc2)cc1. The van der Waals surface area contributed by atoms with Gasteiger partial charge in [0.25, 0.3) is 0 Å². The third-order valence-electron chi connectivity index (χ3n) is 4.82. The van der Waals surface area contributed by atoms with E-state index in [1.165, 1.54) is 19.8 Å². The van der Waals surface area contributed by atoms with E-state index < -0.39 is 0 Å². The maximum Gasteiger partial charge on any atom is 0.244 e. The highest BCUT2D eigenvalue weighted by Crippen LogP contribution is 2.18. The third-order valence-corrected chi connectivity index (χ3v) is 4.82. The second-order valence-corrected chi connectivity index (χ2v) is 7.12. The number of hydrogen-bond donors (Lipinski definition) is 2. The number of amides is 2. The molecular weight excluding hydrogens is 350 g/mol. The molecule has 5 nitrogen and oxygen atoms in total. The molecule has 2 amide bonds. The predicted octanol–water partition coefficient (Wildman–Crippen LogP) is 3.61. The minimum Gasteiger partial charge on any atom is -0.344 e. The van der Waals surface area contributed by atoms with Crippen LogP contribution in [0.4, 0.5) is 5.69 Å². The van der Waals surface area contributed by atoms with Crippen LogP contribution in [0.15, 0.2) is 60.7 Å². The van der Waals surface area contributed by atoms with E-state index in [1.54, 1.807) is 12.2 Å². The fourth-order valence-corrected chi connectivity index (χ4v) is 3.42. The summed E-state index contributed by atoms with van der Waals surface area (Å²) in [4.78, 5) is 26.0. The van der Waals surface area contributed by atoms with Crippen molar-refractivity contribution >= 4 is 23.6 Å². The summed E-state index contributed by atoms with van der Waals surface area (Å²) in [5.41, 5.74) is 2.76. The molecule has 0 spiro atoms. The normalized spacial score (nSPS) is 15.5. The van der Waals surface area contributed by atoms with E-state index in [1.807, 2.05) is 42.5 Å². The van der Waals surface area contributed by atoms with Gasteiger partial charge in [-0.3, -0.25) is 9.59 Å². The second kappa shape index (κ2) is 9.85. The van der Waals surface area contributed by atoms with E-state index in [4.69, 9.17) is 0 Å². The van der Waals surface area contributed by atoms with Crippen LogP contribution in [-0.4, -0.2) is 36.3 Å². The highest BCUT2D eigenvalue weighted by atomic mass is 16.2. The largest absolute Gasteiger partial charge is 0.344 e. The van der Waals surface area contributed by atoms with Crippen molar-refractivity contribution in [2.75, 3.05) is 25.0 Å². The van der Waals surface area contributed by atoms with Crippen LogP contribution in [0.3, 0.4) is 0 Å². The van der Waals surface area contributed by atoms with Crippen molar-refractivity contribution in [1.82, 2.24) is 10.2 Å². The number of anilines is 1. The number of carbonyl (C=O) groups excluding carboxylic acids is 2. The topological polar surface area (TPSA) is 61.4 Å². The van der Waals surface area contributed by atoms with E-state index in [0.717, 1.165) is 36.4 Å². The Balaban J connectivity index is 1.62. The monoisotopic (exact) mass is 377 g/mol. The molecule has 2 N–H and O–H groups in total.